The number of phenols is 1. The van der Waals surface area contributed by atoms with E-state index in [-0.39, 0.29) is 0 Å². The highest BCUT2D eigenvalue weighted by Crippen LogP contribution is 2.28. The zero-order valence-corrected chi connectivity index (χ0v) is 11.7. The Morgan fingerprint density at radius 2 is 2.17 bits per heavy atom. The normalized spacial score (nSPS) is 19.7. The summed E-state index contributed by atoms with van der Waals surface area (Å²) in [6.07, 6.45) is 3.41. The number of hydrogen-bond acceptors (Lipinski definition) is 3. The zero-order valence-electron chi connectivity index (χ0n) is 11.7. The number of phenolic OH excluding ortho intramolecular Hbond substituents is 1. The molecule has 2 N–H and O–H groups in total. The third-order valence-electron chi connectivity index (χ3n) is 3.70. The Labute approximate surface area is 110 Å². The van der Waals surface area contributed by atoms with Crippen LogP contribution >= 0.6 is 0 Å². The molecule has 0 aromatic heterocycles. The van der Waals surface area contributed by atoms with Gasteiger partial charge in [-0.25, -0.2) is 0 Å². The first-order valence-electron chi connectivity index (χ1n) is 6.76. The number of aryl methyl sites for hydroxylation is 1. The number of nitrogens with zero attached hydrogens (tertiary/aromatic N) is 1. The van der Waals surface area contributed by atoms with E-state index in [9.17, 15) is 5.11 Å². The lowest BCUT2D eigenvalue weighted by Crippen LogP contribution is -2.24. The van der Waals surface area contributed by atoms with Gasteiger partial charge in [0.15, 0.2) is 0 Å². The van der Waals surface area contributed by atoms with Crippen LogP contribution in [-0.4, -0.2) is 36.7 Å². The number of nitrogens with one attached hydrogen (secondary N) is 1. The highest BCUT2D eigenvalue weighted by molar-refractivity contribution is 5.45. The fraction of sp³-hybridized carbons (Fsp3) is 0.600. The van der Waals surface area contributed by atoms with Crippen molar-refractivity contribution >= 4 is 0 Å². The van der Waals surface area contributed by atoms with Crippen LogP contribution in [0, 0.1) is 6.92 Å². The van der Waals surface area contributed by atoms with Crippen molar-refractivity contribution in [1.82, 2.24) is 10.2 Å². The highest BCUT2D eigenvalue weighted by Gasteiger charge is 2.18. The molecule has 0 spiro atoms. The minimum atomic E-state index is 0.498. The van der Waals surface area contributed by atoms with Gasteiger partial charge in [0, 0.05) is 18.2 Å². The van der Waals surface area contributed by atoms with Crippen LogP contribution < -0.4 is 5.32 Å². The zero-order chi connectivity index (χ0) is 13.1. The van der Waals surface area contributed by atoms with E-state index >= 15 is 0 Å². The third-order valence-corrected chi connectivity index (χ3v) is 3.70. The van der Waals surface area contributed by atoms with Gasteiger partial charge in [-0.3, -0.25) is 0 Å². The number of aromatic hydroxyl groups is 1. The summed E-state index contributed by atoms with van der Waals surface area (Å²) in [6, 6.07) is 4.73. The molecule has 1 fully saturated rings. The van der Waals surface area contributed by atoms with Gasteiger partial charge >= 0.3 is 0 Å². The van der Waals surface area contributed by atoms with Crippen molar-refractivity contribution < 1.29 is 5.11 Å². The summed E-state index contributed by atoms with van der Waals surface area (Å²) in [4.78, 5) is 2.10. The minimum Gasteiger partial charge on any atom is -0.507 e. The first-order valence-corrected chi connectivity index (χ1v) is 6.76. The van der Waals surface area contributed by atoms with Crippen LogP contribution in [0.4, 0.5) is 0 Å². The summed E-state index contributed by atoms with van der Waals surface area (Å²) in [6.45, 7) is 3.97. The summed E-state index contributed by atoms with van der Waals surface area (Å²) in [5.41, 5.74) is 3.32. The summed E-state index contributed by atoms with van der Waals surface area (Å²) >= 11 is 0. The van der Waals surface area contributed by atoms with Gasteiger partial charge in [0.1, 0.15) is 5.75 Å². The van der Waals surface area contributed by atoms with E-state index in [1.165, 1.54) is 18.4 Å². The van der Waals surface area contributed by atoms with Crippen LogP contribution in [0.15, 0.2) is 12.1 Å². The van der Waals surface area contributed by atoms with Crippen molar-refractivity contribution in [2.45, 2.75) is 38.8 Å². The maximum Gasteiger partial charge on any atom is 0.123 e. The van der Waals surface area contributed by atoms with Gasteiger partial charge in [0.05, 0.1) is 0 Å². The lowest BCUT2D eigenvalue weighted by Gasteiger charge is -2.18. The first kappa shape index (κ1) is 13.4. The predicted molar refractivity (Wildman–Crippen MR) is 75.0 cm³/mol. The maximum absolute atomic E-state index is 10.4. The summed E-state index contributed by atoms with van der Waals surface area (Å²) in [7, 11) is 4.06. The van der Waals surface area contributed by atoms with E-state index in [0.29, 0.717) is 11.8 Å². The average molecular weight is 248 g/mol. The molecule has 100 valence electrons. The van der Waals surface area contributed by atoms with Gasteiger partial charge in [-0.15, -0.1) is 0 Å². The molecule has 1 aromatic rings. The van der Waals surface area contributed by atoms with Crippen molar-refractivity contribution in [3.63, 3.8) is 0 Å². The fourth-order valence-electron chi connectivity index (χ4n) is 2.66. The standard InChI is InChI=1S/C15H24N2O/c1-11-6-7-12(9-13-5-4-8-16-13)15(18)14(11)10-17(2)3/h6-7,13,16,18H,4-5,8-10H2,1-3H3. The Hall–Kier alpha value is -1.06. The molecule has 1 unspecified atom stereocenters. The second-order valence-electron chi connectivity index (χ2n) is 5.60. The van der Waals surface area contributed by atoms with Gasteiger partial charge in [-0.05, 0) is 58.0 Å². The van der Waals surface area contributed by atoms with Gasteiger partial charge in [-0.1, -0.05) is 12.1 Å². The molecule has 0 aliphatic carbocycles. The Balaban J connectivity index is 2.19. The molecule has 1 atom stereocenters. The Kier molecular flexibility index (Phi) is 4.25. The van der Waals surface area contributed by atoms with E-state index in [1.807, 2.05) is 14.1 Å². The van der Waals surface area contributed by atoms with Gasteiger partial charge in [0.25, 0.3) is 0 Å². The molecular formula is C15H24N2O. The van der Waals surface area contributed by atoms with Crippen LogP contribution in [0.5, 0.6) is 5.75 Å². The third kappa shape index (κ3) is 3.03. The second kappa shape index (κ2) is 5.72. The van der Waals surface area contributed by atoms with Crippen molar-refractivity contribution in [3.05, 3.63) is 28.8 Å². The molecule has 1 aromatic carbocycles. The molecule has 0 amide bonds. The largest absolute Gasteiger partial charge is 0.507 e. The maximum atomic E-state index is 10.4. The van der Waals surface area contributed by atoms with Gasteiger partial charge in [-0.2, -0.15) is 0 Å². The van der Waals surface area contributed by atoms with Crippen LogP contribution in [0.1, 0.15) is 29.5 Å². The van der Waals surface area contributed by atoms with Gasteiger partial charge < -0.3 is 15.3 Å². The van der Waals surface area contributed by atoms with Crippen molar-refractivity contribution in [1.29, 1.82) is 0 Å². The van der Waals surface area contributed by atoms with Gasteiger partial charge in [0.2, 0.25) is 0 Å². The summed E-state index contributed by atoms with van der Waals surface area (Å²) < 4.78 is 0. The Morgan fingerprint density at radius 1 is 1.39 bits per heavy atom. The van der Waals surface area contributed by atoms with Crippen molar-refractivity contribution in [3.8, 4) is 5.75 Å². The van der Waals surface area contributed by atoms with E-state index in [1.54, 1.807) is 0 Å². The van der Waals surface area contributed by atoms with E-state index in [2.05, 4.69) is 29.3 Å². The monoisotopic (exact) mass is 248 g/mol. The molecule has 2 rings (SSSR count). The first-order chi connectivity index (χ1) is 8.58. The van der Waals surface area contributed by atoms with Crippen LogP contribution in [0.2, 0.25) is 0 Å². The van der Waals surface area contributed by atoms with E-state index < -0.39 is 0 Å². The van der Waals surface area contributed by atoms with Crippen LogP contribution in [-0.2, 0) is 13.0 Å². The molecule has 0 bridgehead atoms. The topological polar surface area (TPSA) is 35.5 Å². The quantitative estimate of drug-likeness (QED) is 0.856. The number of hydrogen-bond donors (Lipinski definition) is 2. The van der Waals surface area contributed by atoms with E-state index in [4.69, 9.17) is 0 Å². The molecular weight excluding hydrogens is 224 g/mol. The molecule has 1 heterocycles. The SMILES string of the molecule is Cc1ccc(CC2CCCN2)c(O)c1CN(C)C. The highest BCUT2D eigenvalue weighted by atomic mass is 16.3. The molecule has 1 saturated heterocycles. The molecule has 0 radical (unpaired) electrons. The number of benzene rings is 1. The Bertz CT molecular complexity index is 409. The Morgan fingerprint density at radius 3 is 2.78 bits per heavy atom. The smallest absolute Gasteiger partial charge is 0.123 e. The number of rotatable bonds is 4. The van der Waals surface area contributed by atoms with E-state index in [0.717, 1.165) is 30.6 Å². The molecule has 3 heteroatoms. The minimum absolute atomic E-state index is 0.498. The average Bonchev–Trinajstić information content (AvgIpc) is 2.81. The second-order valence-corrected chi connectivity index (χ2v) is 5.60. The fourth-order valence-corrected chi connectivity index (χ4v) is 2.66. The molecule has 1 aliphatic heterocycles. The summed E-state index contributed by atoms with van der Waals surface area (Å²) in [5, 5.41) is 13.9. The predicted octanol–water partition coefficient (Wildman–Crippen LogP) is 2.06. The molecule has 3 nitrogen and oxygen atoms in total. The summed E-state index contributed by atoms with van der Waals surface area (Å²) in [5.74, 6) is 0.498. The lowest BCUT2D eigenvalue weighted by atomic mass is 9.97. The lowest BCUT2D eigenvalue weighted by molar-refractivity contribution is 0.382. The molecule has 18 heavy (non-hydrogen) atoms. The van der Waals surface area contributed by atoms with Crippen molar-refractivity contribution in [2.24, 2.45) is 0 Å². The van der Waals surface area contributed by atoms with Crippen LogP contribution in [0.3, 0.4) is 0 Å². The molecule has 1 aliphatic rings. The van der Waals surface area contributed by atoms with Crippen molar-refractivity contribution in [2.75, 3.05) is 20.6 Å². The molecule has 0 saturated carbocycles. The van der Waals surface area contributed by atoms with Crippen LogP contribution in [0.25, 0.3) is 0 Å².